The topological polar surface area (TPSA) is 24.7 Å². The third-order valence-corrected chi connectivity index (χ3v) is 6.39. The molecule has 0 spiro atoms. The van der Waals surface area contributed by atoms with Crippen LogP contribution < -0.4 is 0 Å². The molecule has 0 saturated carbocycles. The average Bonchev–Trinajstić information content (AvgIpc) is 2.43. The molecule has 0 bridgehead atoms. The second-order valence-electron chi connectivity index (χ2n) is 12.1. The van der Waals surface area contributed by atoms with Crippen molar-refractivity contribution in [3.05, 3.63) is 35.4 Å². The largest absolute Gasteiger partial charge is 0.329 e. The molecular weight excluding hydrogens is 372 g/mol. The van der Waals surface area contributed by atoms with Crippen LogP contribution in [0.25, 0.3) is 0 Å². The van der Waals surface area contributed by atoms with E-state index in [0.717, 1.165) is 12.8 Å². The normalized spacial score (nSPS) is 15.1. The van der Waals surface area contributed by atoms with Crippen LogP contribution in [0.3, 0.4) is 0 Å². The Morgan fingerprint density at radius 1 is 0.643 bits per heavy atom. The Morgan fingerprint density at radius 2 is 0.929 bits per heavy atom. The van der Waals surface area contributed by atoms with E-state index in [9.17, 15) is 0 Å². The smallest absolute Gasteiger partial charge is 0.172 e. The van der Waals surface area contributed by atoms with Crippen molar-refractivity contribution in [3.8, 4) is 0 Å². The van der Waals surface area contributed by atoms with Crippen LogP contribution in [0.1, 0.15) is 52.7 Å². The first-order chi connectivity index (χ1) is 12.4. The van der Waals surface area contributed by atoms with Gasteiger partial charge in [0.25, 0.3) is 0 Å². The number of rotatable bonds is 6. The van der Waals surface area contributed by atoms with E-state index < -0.39 is 16.5 Å². The molecule has 0 aliphatic heterocycles. The lowest BCUT2D eigenvalue weighted by Crippen LogP contribution is -2.31. The predicted molar refractivity (Wildman–Crippen MR) is 134 cm³/mol. The molecule has 28 heavy (non-hydrogen) atoms. The molecule has 1 aromatic carbocycles. The lowest BCUT2D eigenvalue weighted by atomic mass is 9.82. The van der Waals surface area contributed by atoms with Crippen LogP contribution in [-0.2, 0) is 12.8 Å². The highest BCUT2D eigenvalue weighted by molar-refractivity contribution is 6.76. The number of benzene rings is 1. The van der Waals surface area contributed by atoms with Crippen LogP contribution in [0.2, 0.25) is 39.3 Å². The van der Waals surface area contributed by atoms with Gasteiger partial charge in [0.1, 0.15) is 0 Å². The minimum atomic E-state index is -1.53. The van der Waals surface area contributed by atoms with E-state index in [4.69, 9.17) is 9.32 Å². The monoisotopic (exact) mass is 416 g/mol. The first-order valence-corrected chi connectivity index (χ1v) is 17.5. The maximum Gasteiger partial charge on any atom is 0.172 e. The maximum atomic E-state index is 5.24. The summed E-state index contributed by atoms with van der Waals surface area (Å²) in [6, 6.07) is 8.91. The van der Waals surface area contributed by atoms with Gasteiger partial charge in [-0.15, -0.1) is 0 Å². The van der Waals surface area contributed by atoms with E-state index in [2.05, 4.69) is 105 Å². The lowest BCUT2D eigenvalue weighted by Gasteiger charge is -2.28. The molecule has 0 aliphatic carbocycles. The van der Waals surface area contributed by atoms with Crippen LogP contribution in [0.15, 0.2) is 33.6 Å². The summed E-state index contributed by atoms with van der Waals surface area (Å²) in [5.41, 5.74) is 5.65. The summed E-state index contributed by atoms with van der Waals surface area (Å²) in [6.07, 6.45) is 1.88. The number of nitrogens with zero attached hydrogens (tertiary/aromatic N) is 2. The van der Waals surface area contributed by atoms with Crippen molar-refractivity contribution in [1.82, 2.24) is 0 Å². The Labute approximate surface area is 177 Å². The van der Waals surface area contributed by atoms with E-state index in [0.29, 0.717) is 0 Å². The first kappa shape index (κ1) is 25.0. The van der Waals surface area contributed by atoms with Crippen LogP contribution in [0, 0.1) is 10.8 Å². The average molecular weight is 417 g/mol. The van der Waals surface area contributed by atoms with Gasteiger partial charge >= 0.3 is 0 Å². The standard InChI is InChI=1S/C24H44N2Si2/c1-23(2,3)21(25-27(7,8)9)17-19-15-13-14-16-20(19)18-22(24(4,5)6)26-28(10,11)12/h13-16H,17-18H2,1-12H3/b25-21+,26-22+. The van der Waals surface area contributed by atoms with Gasteiger partial charge in [0, 0.05) is 24.3 Å². The number of hydrogen-bond acceptors (Lipinski definition) is 2. The molecule has 1 rings (SSSR count). The third-order valence-electron chi connectivity index (χ3n) is 4.51. The zero-order chi connectivity index (χ0) is 22.0. The Balaban J connectivity index is 3.37. The van der Waals surface area contributed by atoms with Gasteiger partial charge in [-0.25, -0.2) is 0 Å². The molecule has 0 radical (unpaired) electrons. The van der Waals surface area contributed by atoms with Gasteiger partial charge in [0.05, 0.1) is 0 Å². The molecule has 0 heterocycles. The summed E-state index contributed by atoms with van der Waals surface area (Å²) < 4.78 is 10.5. The second kappa shape index (κ2) is 8.78. The second-order valence-corrected chi connectivity index (χ2v) is 21.2. The summed E-state index contributed by atoms with van der Waals surface area (Å²) in [5, 5.41) is 0. The van der Waals surface area contributed by atoms with E-state index >= 15 is 0 Å². The van der Waals surface area contributed by atoms with Crippen LogP contribution >= 0.6 is 0 Å². The molecular formula is C24H44N2Si2. The molecule has 0 N–H and O–H groups in total. The predicted octanol–water partition coefficient (Wildman–Crippen LogP) is 7.42. The van der Waals surface area contributed by atoms with Gasteiger partial charge in [-0.05, 0) is 61.2 Å². The fourth-order valence-corrected chi connectivity index (χ4v) is 5.47. The van der Waals surface area contributed by atoms with Crippen molar-refractivity contribution < 1.29 is 0 Å². The van der Waals surface area contributed by atoms with Gasteiger partial charge in [0.15, 0.2) is 16.5 Å². The van der Waals surface area contributed by atoms with Crippen molar-refractivity contribution in [2.24, 2.45) is 20.1 Å². The highest BCUT2D eigenvalue weighted by Crippen LogP contribution is 2.26. The van der Waals surface area contributed by atoms with Crippen molar-refractivity contribution in [3.63, 3.8) is 0 Å². The Bertz CT molecular complexity index is 656. The zero-order valence-electron chi connectivity index (χ0n) is 20.6. The quantitative estimate of drug-likeness (QED) is 0.340. The SMILES string of the molecule is CC(C)(C)/C(Cc1ccccc1C/C(=N\[Si](C)(C)C)C(C)(C)C)=N/[Si](C)(C)C. The van der Waals surface area contributed by atoms with Gasteiger partial charge in [-0.2, -0.15) is 0 Å². The van der Waals surface area contributed by atoms with Crippen molar-refractivity contribution in [1.29, 1.82) is 0 Å². The van der Waals surface area contributed by atoms with Crippen molar-refractivity contribution in [2.75, 3.05) is 0 Å². The fourth-order valence-electron chi connectivity index (χ4n) is 3.02. The molecule has 1 aromatic rings. The molecule has 0 amide bonds. The Kier molecular flexibility index (Phi) is 7.85. The fraction of sp³-hybridized carbons (Fsp3) is 0.667. The molecule has 0 atom stereocenters. The highest BCUT2D eigenvalue weighted by Gasteiger charge is 2.26. The van der Waals surface area contributed by atoms with Gasteiger partial charge in [0.2, 0.25) is 0 Å². The van der Waals surface area contributed by atoms with Gasteiger partial charge in [-0.1, -0.05) is 65.8 Å². The Hall–Kier alpha value is -1.01. The summed E-state index contributed by atoms with van der Waals surface area (Å²) in [7, 11) is -3.05. The first-order valence-electron chi connectivity index (χ1n) is 10.6. The summed E-state index contributed by atoms with van der Waals surface area (Å²) >= 11 is 0. The molecule has 0 fully saturated rings. The van der Waals surface area contributed by atoms with E-state index in [1.54, 1.807) is 0 Å². The Morgan fingerprint density at radius 3 is 1.14 bits per heavy atom. The summed E-state index contributed by atoms with van der Waals surface area (Å²) in [6.45, 7) is 27.7. The molecule has 0 aromatic heterocycles. The van der Waals surface area contributed by atoms with Crippen LogP contribution in [0.4, 0.5) is 0 Å². The van der Waals surface area contributed by atoms with Gasteiger partial charge in [-0.3, -0.25) is 0 Å². The zero-order valence-corrected chi connectivity index (χ0v) is 22.6. The minimum Gasteiger partial charge on any atom is -0.329 e. The highest BCUT2D eigenvalue weighted by atomic mass is 28.3. The van der Waals surface area contributed by atoms with E-state index in [-0.39, 0.29) is 10.8 Å². The van der Waals surface area contributed by atoms with Gasteiger partial charge < -0.3 is 9.32 Å². The van der Waals surface area contributed by atoms with Crippen molar-refractivity contribution in [2.45, 2.75) is 93.7 Å². The van der Waals surface area contributed by atoms with Crippen LogP contribution in [-0.4, -0.2) is 27.9 Å². The molecule has 0 saturated heterocycles. The number of hydrogen-bond donors (Lipinski definition) is 0. The summed E-state index contributed by atoms with van der Waals surface area (Å²) in [4.78, 5) is 0. The lowest BCUT2D eigenvalue weighted by molar-refractivity contribution is 0.579. The van der Waals surface area contributed by atoms with E-state index in [1.165, 1.54) is 22.6 Å². The van der Waals surface area contributed by atoms with E-state index in [1.807, 2.05) is 0 Å². The molecule has 158 valence electrons. The third kappa shape index (κ3) is 9.00. The molecule has 2 nitrogen and oxygen atoms in total. The van der Waals surface area contributed by atoms with Crippen molar-refractivity contribution >= 4 is 27.9 Å². The molecule has 0 aliphatic rings. The molecule has 0 unspecified atom stereocenters. The maximum absolute atomic E-state index is 5.24. The minimum absolute atomic E-state index is 0.0899. The van der Waals surface area contributed by atoms with Crippen LogP contribution in [0.5, 0.6) is 0 Å². The molecule has 4 heteroatoms. The summed E-state index contributed by atoms with van der Waals surface area (Å²) in [5.74, 6) is 0.